The van der Waals surface area contributed by atoms with E-state index in [0.29, 0.717) is 6.04 Å². The SMILES string of the molecule is CCCCCCCCCCCCCn1cc[n+](C(C)C)c1CCCCCCC. The van der Waals surface area contributed by atoms with Crippen LogP contribution in [0.5, 0.6) is 0 Å². The fourth-order valence-electron chi connectivity index (χ4n) is 4.25. The van der Waals surface area contributed by atoms with Crippen molar-refractivity contribution in [2.75, 3.05) is 0 Å². The molecular weight excluding hydrogens is 340 g/mol. The number of hydrogen-bond donors (Lipinski definition) is 0. The van der Waals surface area contributed by atoms with Crippen molar-refractivity contribution in [1.29, 1.82) is 0 Å². The van der Waals surface area contributed by atoms with Gasteiger partial charge in [-0.2, -0.15) is 0 Å². The molecule has 2 nitrogen and oxygen atoms in total. The van der Waals surface area contributed by atoms with E-state index < -0.39 is 0 Å². The Morgan fingerprint density at radius 1 is 0.679 bits per heavy atom. The van der Waals surface area contributed by atoms with Gasteiger partial charge in [-0.3, -0.25) is 0 Å². The molecule has 0 radical (unpaired) electrons. The van der Waals surface area contributed by atoms with Gasteiger partial charge in [0.2, 0.25) is 0 Å². The molecule has 0 atom stereocenters. The summed E-state index contributed by atoms with van der Waals surface area (Å²) < 4.78 is 5.05. The van der Waals surface area contributed by atoms with Crippen molar-refractivity contribution in [1.82, 2.24) is 4.57 Å². The summed E-state index contributed by atoms with van der Waals surface area (Å²) in [6.07, 6.45) is 28.4. The van der Waals surface area contributed by atoms with Gasteiger partial charge in [-0.05, 0) is 33.1 Å². The van der Waals surface area contributed by atoms with Crippen LogP contribution in [0.1, 0.15) is 142 Å². The molecule has 0 aromatic carbocycles. The summed E-state index contributed by atoms with van der Waals surface area (Å²) in [4.78, 5) is 0. The van der Waals surface area contributed by atoms with E-state index in [9.17, 15) is 0 Å². The first kappa shape index (κ1) is 25.2. The number of nitrogens with zero attached hydrogens (tertiary/aromatic N) is 2. The highest BCUT2D eigenvalue weighted by atomic mass is 15.2. The van der Waals surface area contributed by atoms with Crippen LogP contribution in [-0.2, 0) is 13.0 Å². The Labute approximate surface area is 177 Å². The Hall–Kier alpha value is -0.790. The van der Waals surface area contributed by atoms with E-state index in [-0.39, 0.29) is 0 Å². The number of unbranched alkanes of at least 4 members (excludes halogenated alkanes) is 14. The number of aromatic nitrogens is 2. The molecule has 0 N–H and O–H groups in total. The summed E-state index contributed by atoms with van der Waals surface area (Å²) in [5, 5.41) is 0. The minimum atomic E-state index is 0.573. The minimum absolute atomic E-state index is 0.573. The molecular formula is C26H51N2+. The summed E-state index contributed by atoms with van der Waals surface area (Å²) in [5.41, 5.74) is 0. The van der Waals surface area contributed by atoms with Gasteiger partial charge in [-0.1, -0.05) is 97.3 Å². The molecule has 1 heterocycles. The maximum absolute atomic E-state index is 2.55. The average molecular weight is 392 g/mol. The van der Waals surface area contributed by atoms with Crippen molar-refractivity contribution < 1.29 is 4.57 Å². The lowest BCUT2D eigenvalue weighted by atomic mass is 10.1. The second-order valence-corrected chi connectivity index (χ2v) is 9.11. The Kier molecular flexibility index (Phi) is 15.4. The van der Waals surface area contributed by atoms with Gasteiger partial charge >= 0.3 is 0 Å². The van der Waals surface area contributed by atoms with Crippen molar-refractivity contribution in [3.05, 3.63) is 18.2 Å². The van der Waals surface area contributed by atoms with Crippen LogP contribution in [0.3, 0.4) is 0 Å². The van der Waals surface area contributed by atoms with Gasteiger partial charge < -0.3 is 0 Å². The summed E-state index contributed by atoms with van der Waals surface area (Å²) in [6.45, 7) is 10.4. The third kappa shape index (κ3) is 11.3. The van der Waals surface area contributed by atoms with Gasteiger partial charge in [0.1, 0.15) is 12.4 Å². The third-order valence-corrected chi connectivity index (χ3v) is 6.10. The predicted octanol–water partition coefficient (Wildman–Crippen LogP) is 8.18. The second-order valence-electron chi connectivity index (χ2n) is 9.11. The van der Waals surface area contributed by atoms with Crippen molar-refractivity contribution in [2.45, 2.75) is 149 Å². The van der Waals surface area contributed by atoms with E-state index in [4.69, 9.17) is 0 Å². The maximum atomic E-state index is 2.55. The van der Waals surface area contributed by atoms with Crippen LogP contribution in [0.15, 0.2) is 12.4 Å². The molecule has 0 saturated heterocycles. The van der Waals surface area contributed by atoms with Gasteiger partial charge in [0.05, 0.1) is 12.6 Å². The van der Waals surface area contributed by atoms with E-state index in [0.717, 1.165) is 0 Å². The molecule has 0 fully saturated rings. The summed E-state index contributed by atoms with van der Waals surface area (Å²) in [7, 11) is 0. The second kappa shape index (κ2) is 17.1. The average Bonchev–Trinajstić information content (AvgIpc) is 3.09. The van der Waals surface area contributed by atoms with Crippen LogP contribution >= 0.6 is 0 Å². The van der Waals surface area contributed by atoms with Gasteiger partial charge in [-0.15, -0.1) is 0 Å². The molecule has 0 saturated carbocycles. The van der Waals surface area contributed by atoms with E-state index in [2.05, 4.69) is 49.2 Å². The highest BCUT2D eigenvalue weighted by Gasteiger charge is 2.18. The quantitative estimate of drug-likeness (QED) is 0.166. The van der Waals surface area contributed by atoms with Crippen molar-refractivity contribution in [3.63, 3.8) is 0 Å². The van der Waals surface area contributed by atoms with Gasteiger partial charge in [0.25, 0.3) is 5.82 Å². The fraction of sp³-hybridized carbons (Fsp3) is 0.885. The molecule has 0 bridgehead atoms. The Balaban J connectivity index is 2.20. The predicted molar refractivity (Wildman–Crippen MR) is 124 cm³/mol. The van der Waals surface area contributed by atoms with Gasteiger partial charge in [0.15, 0.2) is 0 Å². The van der Waals surface area contributed by atoms with Gasteiger partial charge in [0, 0.05) is 6.42 Å². The van der Waals surface area contributed by atoms with Crippen LogP contribution in [-0.4, -0.2) is 4.57 Å². The lowest BCUT2D eigenvalue weighted by molar-refractivity contribution is -0.722. The largest absolute Gasteiger partial charge is 0.256 e. The Morgan fingerprint density at radius 3 is 1.64 bits per heavy atom. The van der Waals surface area contributed by atoms with E-state index >= 15 is 0 Å². The first-order valence-corrected chi connectivity index (χ1v) is 12.8. The molecule has 1 aromatic rings. The van der Waals surface area contributed by atoms with Crippen molar-refractivity contribution in [2.24, 2.45) is 0 Å². The molecule has 1 rings (SSSR count). The van der Waals surface area contributed by atoms with Crippen LogP contribution in [0.25, 0.3) is 0 Å². The summed E-state index contributed by atoms with van der Waals surface area (Å²) >= 11 is 0. The lowest BCUT2D eigenvalue weighted by Crippen LogP contribution is -2.39. The summed E-state index contributed by atoms with van der Waals surface area (Å²) in [6, 6.07) is 0.573. The zero-order valence-corrected chi connectivity index (χ0v) is 19.9. The number of hydrogen-bond acceptors (Lipinski definition) is 0. The van der Waals surface area contributed by atoms with E-state index in [1.807, 2.05) is 0 Å². The smallest absolute Gasteiger partial charge is 0.234 e. The molecule has 0 amide bonds. The molecule has 0 aliphatic heterocycles. The maximum Gasteiger partial charge on any atom is 0.256 e. The van der Waals surface area contributed by atoms with E-state index in [1.165, 1.54) is 116 Å². The van der Waals surface area contributed by atoms with E-state index in [1.54, 1.807) is 5.82 Å². The number of imidazole rings is 1. The normalized spacial score (nSPS) is 11.6. The molecule has 0 unspecified atom stereocenters. The molecule has 0 aliphatic carbocycles. The lowest BCUT2D eigenvalue weighted by Gasteiger charge is -2.08. The molecule has 0 aliphatic rings. The van der Waals surface area contributed by atoms with Crippen molar-refractivity contribution in [3.8, 4) is 0 Å². The molecule has 0 spiro atoms. The molecule has 1 aromatic heterocycles. The Bertz CT molecular complexity index is 461. The standard InChI is InChI=1S/C26H51N2/c1-5-7-9-11-12-13-14-15-16-18-20-22-27-23-24-28(25(3)4)26(27)21-19-17-10-8-6-2/h23-25H,5-22H2,1-4H3/q+1. The van der Waals surface area contributed by atoms with Crippen LogP contribution < -0.4 is 4.57 Å². The Morgan fingerprint density at radius 2 is 1.14 bits per heavy atom. The van der Waals surface area contributed by atoms with Gasteiger partial charge in [-0.25, -0.2) is 9.13 Å². The number of rotatable bonds is 19. The molecule has 2 heteroatoms. The first-order chi connectivity index (χ1) is 13.7. The summed E-state index contributed by atoms with van der Waals surface area (Å²) in [5.74, 6) is 1.55. The van der Waals surface area contributed by atoms with Crippen molar-refractivity contribution >= 4 is 0 Å². The minimum Gasteiger partial charge on any atom is -0.234 e. The fourth-order valence-corrected chi connectivity index (χ4v) is 4.25. The van der Waals surface area contributed by atoms with Crippen LogP contribution in [0.2, 0.25) is 0 Å². The third-order valence-electron chi connectivity index (χ3n) is 6.10. The highest BCUT2D eigenvalue weighted by Crippen LogP contribution is 2.13. The highest BCUT2D eigenvalue weighted by molar-refractivity contribution is 4.85. The zero-order chi connectivity index (χ0) is 20.5. The monoisotopic (exact) mass is 391 g/mol. The molecule has 164 valence electrons. The van der Waals surface area contributed by atoms with Crippen LogP contribution in [0, 0.1) is 0 Å². The molecule has 28 heavy (non-hydrogen) atoms. The first-order valence-electron chi connectivity index (χ1n) is 12.8. The zero-order valence-electron chi connectivity index (χ0n) is 19.9. The van der Waals surface area contributed by atoms with Crippen LogP contribution in [0.4, 0.5) is 0 Å². The topological polar surface area (TPSA) is 8.81 Å². The number of aryl methyl sites for hydroxylation is 1.